The second-order valence-corrected chi connectivity index (χ2v) is 16.0. The first-order valence-corrected chi connectivity index (χ1v) is 12.5. The molecule has 6 heteroatoms. The average molecular weight is 413 g/mol. The molecular formula is C17H18AsClO3S. The van der Waals surface area contributed by atoms with Gasteiger partial charge in [-0.2, -0.15) is 0 Å². The molecule has 0 radical (unpaired) electrons. The van der Waals surface area contributed by atoms with Gasteiger partial charge in [-0.15, -0.1) is 0 Å². The van der Waals surface area contributed by atoms with Gasteiger partial charge in [0.1, 0.15) is 0 Å². The molecule has 0 bridgehead atoms. The van der Waals surface area contributed by atoms with Crippen molar-refractivity contribution in [1.82, 2.24) is 0 Å². The molecule has 0 saturated carbocycles. The second kappa shape index (κ2) is 6.80. The van der Waals surface area contributed by atoms with E-state index in [1.165, 1.54) is 0 Å². The fourth-order valence-corrected chi connectivity index (χ4v) is 10.8. The number of carbonyl (C=O) groups is 1. The van der Waals surface area contributed by atoms with E-state index in [0.29, 0.717) is 16.0 Å². The number of carbonyl (C=O) groups excluding carboxylic acids is 1. The van der Waals surface area contributed by atoms with E-state index in [9.17, 15) is 13.2 Å². The van der Waals surface area contributed by atoms with Crippen molar-refractivity contribution in [2.24, 2.45) is 0 Å². The van der Waals surface area contributed by atoms with Gasteiger partial charge >= 0.3 is 148 Å². The van der Waals surface area contributed by atoms with Gasteiger partial charge in [0.25, 0.3) is 0 Å². The Morgan fingerprint density at radius 2 is 1.57 bits per heavy atom. The van der Waals surface area contributed by atoms with Crippen molar-refractivity contribution < 1.29 is 13.2 Å². The van der Waals surface area contributed by atoms with Crippen LogP contribution in [0.2, 0.25) is 4.20 Å². The van der Waals surface area contributed by atoms with Crippen molar-refractivity contribution in [2.75, 3.05) is 0 Å². The Labute approximate surface area is 147 Å². The normalized spacial score (nSPS) is 12.7. The van der Waals surface area contributed by atoms with E-state index in [4.69, 9.17) is 11.6 Å². The van der Waals surface area contributed by atoms with E-state index in [1.54, 1.807) is 42.5 Å². The number of benzene rings is 2. The Bertz CT molecular complexity index is 822. The summed E-state index contributed by atoms with van der Waals surface area (Å²) >= 11 is 4.22. The van der Waals surface area contributed by atoms with Crippen LogP contribution >= 0.6 is 11.6 Å². The van der Waals surface area contributed by atoms with Gasteiger partial charge in [0.15, 0.2) is 0 Å². The summed E-state index contributed by atoms with van der Waals surface area (Å²) in [6.07, 6.45) is 0. The molecule has 1 unspecified atom stereocenters. The Morgan fingerprint density at radius 1 is 1.00 bits per heavy atom. The quantitative estimate of drug-likeness (QED) is 0.561. The summed E-state index contributed by atoms with van der Waals surface area (Å²) in [5.74, 6) is 0. The van der Waals surface area contributed by atoms with Crippen LogP contribution < -0.4 is 0 Å². The Balaban J connectivity index is 2.51. The van der Waals surface area contributed by atoms with Gasteiger partial charge < -0.3 is 0 Å². The minimum absolute atomic E-state index is 0.207. The first-order chi connectivity index (χ1) is 10.6. The maximum absolute atomic E-state index is 12.8. The fourth-order valence-electron chi connectivity index (χ4n) is 2.18. The molecule has 0 spiro atoms. The summed E-state index contributed by atoms with van der Waals surface area (Å²) in [7, 11) is -3.29. The Kier molecular flexibility index (Phi) is 5.40. The third-order valence-corrected chi connectivity index (χ3v) is 12.0. The molecule has 0 aliphatic carbocycles. The van der Waals surface area contributed by atoms with Crippen molar-refractivity contribution in [3.05, 3.63) is 54.1 Å². The summed E-state index contributed by atoms with van der Waals surface area (Å²) < 4.78 is 25.4. The molecule has 122 valence electrons. The van der Waals surface area contributed by atoms with Gasteiger partial charge in [0.2, 0.25) is 0 Å². The molecule has 0 aliphatic heterocycles. The molecule has 2 aromatic carbocycles. The van der Waals surface area contributed by atoms with Gasteiger partial charge in [-0.1, -0.05) is 0 Å². The van der Waals surface area contributed by atoms with Gasteiger partial charge in [-0.3, -0.25) is 0 Å². The molecule has 0 fully saturated rings. The van der Waals surface area contributed by atoms with Gasteiger partial charge in [-0.25, -0.2) is 0 Å². The molecule has 0 aromatic heterocycles. The Morgan fingerprint density at radius 3 is 2.09 bits per heavy atom. The predicted octanol–water partition coefficient (Wildman–Crippen LogP) is 4.08. The van der Waals surface area contributed by atoms with Gasteiger partial charge in [-0.05, 0) is 0 Å². The van der Waals surface area contributed by atoms with E-state index in [0.717, 1.165) is 5.56 Å². The van der Waals surface area contributed by atoms with Crippen LogP contribution in [0.1, 0.15) is 31.1 Å². The van der Waals surface area contributed by atoms with Crippen LogP contribution in [0.3, 0.4) is 0 Å². The molecule has 0 saturated heterocycles. The van der Waals surface area contributed by atoms with E-state index >= 15 is 0 Å². The molecule has 23 heavy (non-hydrogen) atoms. The van der Waals surface area contributed by atoms with Crippen LogP contribution in [0.5, 0.6) is 0 Å². The summed E-state index contributed by atoms with van der Waals surface area (Å²) in [6, 6.07) is 13.7. The summed E-state index contributed by atoms with van der Waals surface area (Å²) in [5, 5.41) is -0.531. The number of halogens is 1. The van der Waals surface area contributed by atoms with Crippen molar-refractivity contribution in [2.45, 2.75) is 29.9 Å². The van der Waals surface area contributed by atoms with E-state index in [-0.39, 0.29) is 4.20 Å². The molecule has 2 aromatic rings. The summed E-state index contributed by atoms with van der Waals surface area (Å²) in [5.41, 5.74) is 1.80. The Hall–Kier alpha value is -1.09. The molecule has 2 rings (SSSR count). The van der Waals surface area contributed by atoms with Gasteiger partial charge in [0, 0.05) is 0 Å². The fraction of sp³-hybridized carbons (Fsp3) is 0.235. The SMILES string of the molecule is CC(C)(C)[AsH]S(=O)(=O)c1ccccc1-c1ccc(C(=O)Cl)cc1. The molecular weight excluding hydrogens is 395 g/mol. The van der Waals surface area contributed by atoms with Crippen LogP contribution in [0.25, 0.3) is 11.1 Å². The number of hydrogen-bond donors (Lipinski definition) is 0. The topological polar surface area (TPSA) is 51.2 Å². The summed E-state index contributed by atoms with van der Waals surface area (Å²) in [4.78, 5) is 11.5. The van der Waals surface area contributed by atoms with Crippen molar-refractivity contribution in [3.8, 4) is 11.1 Å². The molecule has 0 amide bonds. The first kappa shape index (κ1) is 18.3. The molecule has 0 heterocycles. The van der Waals surface area contributed by atoms with Crippen LogP contribution in [0.4, 0.5) is 0 Å². The van der Waals surface area contributed by atoms with Crippen LogP contribution in [0.15, 0.2) is 53.4 Å². The van der Waals surface area contributed by atoms with Crippen molar-refractivity contribution >= 4 is 39.5 Å². The van der Waals surface area contributed by atoms with E-state index in [1.807, 2.05) is 26.8 Å². The molecule has 0 aliphatic rings. The zero-order valence-electron chi connectivity index (χ0n) is 13.1. The van der Waals surface area contributed by atoms with Crippen molar-refractivity contribution in [1.29, 1.82) is 0 Å². The maximum atomic E-state index is 12.8. The van der Waals surface area contributed by atoms with Crippen LogP contribution in [-0.4, -0.2) is 28.3 Å². The van der Waals surface area contributed by atoms with E-state index in [2.05, 4.69) is 0 Å². The first-order valence-electron chi connectivity index (χ1n) is 7.03. The third kappa shape index (κ3) is 4.69. The minimum atomic E-state index is -3.29. The third-order valence-electron chi connectivity index (χ3n) is 3.04. The molecule has 3 nitrogen and oxygen atoms in total. The van der Waals surface area contributed by atoms with E-state index < -0.39 is 27.9 Å². The van der Waals surface area contributed by atoms with Gasteiger partial charge in [0.05, 0.1) is 0 Å². The summed E-state index contributed by atoms with van der Waals surface area (Å²) in [6.45, 7) is 5.86. The monoisotopic (exact) mass is 412 g/mol. The average Bonchev–Trinajstić information content (AvgIpc) is 2.45. The second-order valence-electron chi connectivity index (χ2n) is 6.20. The predicted molar refractivity (Wildman–Crippen MR) is 96.1 cm³/mol. The van der Waals surface area contributed by atoms with Crippen molar-refractivity contribution in [3.63, 3.8) is 0 Å². The molecule has 0 N–H and O–H groups in total. The zero-order chi connectivity index (χ0) is 17.3. The standard InChI is InChI=1S/C17H18AsClO3S/c1-17(2,3)18-23(21,22)15-7-5-4-6-14(15)12-8-10-13(11-9-12)16(19)20/h4-11,18H,1-3H3. The van der Waals surface area contributed by atoms with Crippen LogP contribution in [-0.2, 0) is 8.10 Å². The zero-order valence-corrected chi connectivity index (χ0v) is 16.8. The molecule has 1 atom stereocenters. The number of hydrogen-bond acceptors (Lipinski definition) is 3. The van der Waals surface area contributed by atoms with Crippen LogP contribution in [0, 0.1) is 0 Å². The number of rotatable bonds is 4.